The molecule has 0 atom stereocenters. The fourth-order valence-electron chi connectivity index (χ4n) is 2.75. The number of hydrogen-bond donors (Lipinski definition) is 2. The standard InChI is InChI=1S/C16H19BrN4O2/c1-2-20-7-6-18-14(20)9-19-15(22)21-10-16(23,11-21)12-4-3-5-13(17)8-12/h3-8,23H,2,9-11H2,1H3,(H,19,22). The van der Waals surface area contributed by atoms with Crippen molar-refractivity contribution in [3.63, 3.8) is 0 Å². The third-order valence-electron chi connectivity index (χ3n) is 4.09. The Morgan fingerprint density at radius 2 is 2.26 bits per heavy atom. The number of imidazole rings is 1. The summed E-state index contributed by atoms with van der Waals surface area (Å²) in [5, 5.41) is 13.4. The summed E-state index contributed by atoms with van der Waals surface area (Å²) in [6.07, 6.45) is 3.61. The molecule has 1 saturated heterocycles. The van der Waals surface area contributed by atoms with Gasteiger partial charge in [0.05, 0.1) is 19.6 Å². The number of nitrogens with zero attached hydrogens (tertiary/aromatic N) is 3. The van der Waals surface area contributed by atoms with Crippen LogP contribution >= 0.6 is 15.9 Å². The van der Waals surface area contributed by atoms with Crippen LogP contribution in [0.25, 0.3) is 0 Å². The molecule has 1 fully saturated rings. The number of amides is 2. The Morgan fingerprint density at radius 1 is 1.48 bits per heavy atom. The second-order valence-electron chi connectivity index (χ2n) is 5.69. The van der Waals surface area contributed by atoms with Crippen molar-refractivity contribution in [2.45, 2.75) is 25.6 Å². The van der Waals surface area contributed by atoms with Gasteiger partial charge in [0.2, 0.25) is 0 Å². The topological polar surface area (TPSA) is 70.4 Å². The largest absolute Gasteiger partial charge is 0.381 e. The molecule has 1 aliphatic heterocycles. The lowest BCUT2D eigenvalue weighted by molar-refractivity contribution is -0.0816. The molecule has 0 saturated carbocycles. The van der Waals surface area contributed by atoms with Crippen LogP contribution in [0, 0.1) is 0 Å². The summed E-state index contributed by atoms with van der Waals surface area (Å²) < 4.78 is 2.89. The number of carbonyl (C=O) groups is 1. The SMILES string of the molecule is CCn1ccnc1CNC(=O)N1CC(O)(c2cccc(Br)c2)C1. The first-order chi connectivity index (χ1) is 11.0. The number of aryl methyl sites for hydroxylation is 1. The van der Waals surface area contributed by atoms with Gasteiger partial charge in [0.15, 0.2) is 0 Å². The molecule has 122 valence electrons. The maximum atomic E-state index is 12.2. The molecule has 2 aromatic rings. The number of hydrogen-bond acceptors (Lipinski definition) is 3. The summed E-state index contributed by atoms with van der Waals surface area (Å²) in [5.74, 6) is 0.823. The van der Waals surface area contributed by atoms with E-state index in [0.717, 1.165) is 22.4 Å². The van der Waals surface area contributed by atoms with Crippen LogP contribution in [0.4, 0.5) is 4.79 Å². The fourth-order valence-corrected chi connectivity index (χ4v) is 3.15. The van der Waals surface area contributed by atoms with Gasteiger partial charge in [-0.25, -0.2) is 9.78 Å². The summed E-state index contributed by atoms with van der Waals surface area (Å²) in [6.45, 7) is 3.80. The van der Waals surface area contributed by atoms with Gasteiger partial charge in [-0.15, -0.1) is 0 Å². The Bertz CT molecular complexity index is 710. The first kappa shape index (κ1) is 16.0. The van der Waals surface area contributed by atoms with E-state index in [9.17, 15) is 9.90 Å². The minimum Gasteiger partial charge on any atom is -0.381 e. The molecular weight excluding hydrogens is 360 g/mol. The number of nitrogens with one attached hydrogen (secondary N) is 1. The summed E-state index contributed by atoms with van der Waals surface area (Å²) in [5.41, 5.74) is -0.152. The zero-order valence-corrected chi connectivity index (χ0v) is 14.5. The maximum Gasteiger partial charge on any atom is 0.317 e. The number of benzene rings is 1. The Balaban J connectivity index is 1.55. The van der Waals surface area contributed by atoms with Gasteiger partial charge < -0.3 is 19.9 Å². The van der Waals surface area contributed by atoms with Gasteiger partial charge in [-0.2, -0.15) is 0 Å². The summed E-state index contributed by atoms with van der Waals surface area (Å²) in [6, 6.07) is 7.36. The number of likely N-dealkylation sites (tertiary alicyclic amines) is 1. The number of aliphatic hydroxyl groups is 1. The van der Waals surface area contributed by atoms with E-state index in [1.165, 1.54) is 0 Å². The maximum absolute atomic E-state index is 12.2. The van der Waals surface area contributed by atoms with E-state index in [4.69, 9.17) is 0 Å². The van der Waals surface area contributed by atoms with E-state index in [1.807, 2.05) is 42.0 Å². The van der Waals surface area contributed by atoms with Gasteiger partial charge in [0.1, 0.15) is 11.4 Å². The van der Waals surface area contributed by atoms with Crippen molar-refractivity contribution < 1.29 is 9.90 Å². The zero-order valence-electron chi connectivity index (χ0n) is 12.9. The molecular formula is C16H19BrN4O2. The molecule has 3 rings (SSSR count). The lowest BCUT2D eigenvalue weighted by atomic mass is 9.86. The Labute approximate surface area is 143 Å². The van der Waals surface area contributed by atoms with Crippen LogP contribution in [0.3, 0.4) is 0 Å². The van der Waals surface area contributed by atoms with Crippen molar-refractivity contribution in [1.29, 1.82) is 0 Å². The lowest BCUT2D eigenvalue weighted by Crippen LogP contribution is -2.63. The van der Waals surface area contributed by atoms with E-state index in [0.29, 0.717) is 6.54 Å². The highest BCUT2D eigenvalue weighted by Crippen LogP contribution is 2.33. The number of carbonyl (C=O) groups excluding carboxylic acids is 1. The van der Waals surface area contributed by atoms with E-state index in [2.05, 4.69) is 26.2 Å². The molecule has 1 aromatic carbocycles. The minimum atomic E-state index is -0.969. The van der Waals surface area contributed by atoms with Crippen LogP contribution in [0.2, 0.25) is 0 Å². The van der Waals surface area contributed by atoms with E-state index < -0.39 is 5.60 Å². The normalized spacial score (nSPS) is 16.0. The lowest BCUT2D eigenvalue weighted by Gasteiger charge is -2.46. The fraction of sp³-hybridized carbons (Fsp3) is 0.375. The van der Waals surface area contributed by atoms with E-state index in [1.54, 1.807) is 11.1 Å². The highest BCUT2D eigenvalue weighted by Gasteiger charge is 2.45. The number of halogens is 1. The molecule has 23 heavy (non-hydrogen) atoms. The van der Waals surface area contributed by atoms with Gasteiger partial charge in [-0.3, -0.25) is 0 Å². The van der Waals surface area contributed by atoms with Gasteiger partial charge in [-0.05, 0) is 24.6 Å². The molecule has 0 spiro atoms. The number of aromatic nitrogens is 2. The quantitative estimate of drug-likeness (QED) is 0.855. The van der Waals surface area contributed by atoms with Crippen molar-refractivity contribution in [3.8, 4) is 0 Å². The molecule has 2 heterocycles. The Hall–Kier alpha value is -1.86. The van der Waals surface area contributed by atoms with Crippen molar-refractivity contribution in [2.24, 2.45) is 0 Å². The molecule has 0 bridgehead atoms. The molecule has 1 aliphatic rings. The average Bonchev–Trinajstić information content (AvgIpc) is 2.97. The molecule has 2 N–H and O–H groups in total. The predicted octanol–water partition coefficient (Wildman–Crippen LogP) is 2.08. The summed E-state index contributed by atoms with van der Waals surface area (Å²) >= 11 is 3.40. The molecule has 0 unspecified atom stereocenters. The van der Waals surface area contributed by atoms with Crippen LogP contribution in [0.5, 0.6) is 0 Å². The molecule has 6 nitrogen and oxygen atoms in total. The minimum absolute atomic E-state index is 0.185. The predicted molar refractivity (Wildman–Crippen MR) is 89.7 cm³/mol. The molecule has 7 heteroatoms. The van der Waals surface area contributed by atoms with Crippen molar-refractivity contribution in [2.75, 3.05) is 13.1 Å². The summed E-state index contributed by atoms with van der Waals surface area (Å²) in [4.78, 5) is 18.0. The molecule has 0 aliphatic carbocycles. The second kappa shape index (κ2) is 6.33. The Morgan fingerprint density at radius 3 is 2.96 bits per heavy atom. The van der Waals surface area contributed by atoms with Crippen LogP contribution in [-0.2, 0) is 18.7 Å². The monoisotopic (exact) mass is 378 g/mol. The van der Waals surface area contributed by atoms with Crippen LogP contribution in [0.15, 0.2) is 41.1 Å². The van der Waals surface area contributed by atoms with Crippen LogP contribution < -0.4 is 5.32 Å². The van der Waals surface area contributed by atoms with Crippen LogP contribution in [0.1, 0.15) is 18.3 Å². The third-order valence-corrected chi connectivity index (χ3v) is 4.59. The van der Waals surface area contributed by atoms with Crippen molar-refractivity contribution in [1.82, 2.24) is 19.8 Å². The van der Waals surface area contributed by atoms with Gasteiger partial charge in [-0.1, -0.05) is 28.1 Å². The van der Waals surface area contributed by atoms with E-state index >= 15 is 0 Å². The van der Waals surface area contributed by atoms with Crippen molar-refractivity contribution in [3.05, 3.63) is 52.5 Å². The van der Waals surface area contributed by atoms with Gasteiger partial charge in [0, 0.05) is 23.4 Å². The number of rotatable bonds is 4. The first-order valence-corrected chi connectivity index (χ1v) is 8.32. The smallest absolute Gasteiger partial charge is 0.317 e. The molecule has 1 aromatic heterocycles. The first-order valence-electron chi connectivity index (χ1n) is 7.53. The number of urea groups is 1. The Kier molecular flexibility index (Phi) is 4.41. The second-order valence-corrected chi connectivity index (χ2v) is 6.60. The van der Waals surface area contributed by atoms with E-state index in [-0.39, 0.29) is 19.1 Å². The molecule has 2 amide bonds. The summed E-state index contributed by atoms with van der Waals surface area (Å²) in [7, 11) is 0. The van der Waals surface area contributed by atoms with Gasteiger partial charge in [0.25, 0.3) is 0 Å². The average molecular weight is 379 g/mol. The van der Waals surface area contributed by atoms with Crippen molar-refractivity contribution >= 4 is 22.0 Å². The number of β-amino-alcohol motifs (C(OH)–C–C–N with tert-alkyl or cyclic N) is 1. The highest BCUT2D eigenvalue weighted by molar-refractivity contribution is 9.10. The third kappa shape index (κ3) is 3.25. The molecule has 0 radical (unpaired) electrons. The highest BCUT2D eigenvalue weighted by atomic mass is 79.9. The van der Waals surface area contributed by atoms with Gasteiger partial charge >= 0.3 is 6.03 Å². The van der Waals surface area contributed by atoms with Crippen LogP contribution in [-0.4, -0.2) is 38.7 Å². The zero-order chi connectivity index (χ0) is 16.4.